The third-order valence-corrected chi connectivity index (χ3v) is 3.00. The van der Waals surface area contributed by atoms with E-state index in [2.05, 4.69) is 27.6 Å². The van der Waals surface area contributed by atoms with E-state index in [0.29, 0.717) is 13.2 Å². The summed E-state index contributed by atoms with van der Waals surface area (Å²) < 4.78 is 8.35. The average molecular weight is 259 g/mol. The van der Waals surface area contributed by atoms with E-state index in [9.17, 15) is 0 Å². The van der Waals surface area contributed by atoms with Gasteiger partial charge in [0.1, 0.15) is 0 Å². The molecule has 0 fully saturated rings. The lowest BCUT2D eigenvalue weighted by molar-refractivity contribution is 0.119. The molecular formula is C10H15BrN2O. The number of hydrogen-bond donors (Lipinski definition) is 0. The fourth-order valence-electron chi connectivity index (χ4n) is 1.17. The van der Waals surface area contributed by atoms with Crippen LogP contribution in [-0.2, 0) is 18.4 Å². The molecule has 0 aliphatic rings. The van der Waals surface area contributed by atoms with Gasteiger partial charge in [0.15, 0.2) is 0 Å². The molecule has 0 aliphatic carbocycles. The van der Waals surface area contributed by atoms with Crippen LogP contribution in [0.25, 0.3) is 0 Å². The molecule has 0 bridgehead atoms. The van der Waals surface area contributed by atoms with E-state index in [1.165, 1.54) is 0 Å². The Hall–Kier alpha value is -0.610. The lowest BCUT2D eigenvalue weighted by Crippen LogP contribution is -2.02. The molecule has 14 heavy (non-hydrogen) atoms. The summed E-state index contributed by atoms with van der Waals surface area (Å²) in [5.41, 5.74) is 2.07. The number of rotatable bonds is 5. The Morgan fingerprint density at radius 3 is 2.86 bits per heavy atom. The largest absolute Gasteiger partial charge is 0.375 e. The Balaban J connectivity index is 2.53. The first-order valence-electron chi connectivity index (χ1n) is 4.53. The molecular weight excluding hydrogens is 244 g/mol. The number of halogens is 1. The monoisotopic (exact) mass is 258 g/mol. The van der Waals surface area contributed by atoms with Gasteiger partial charge < -0.3 is 4.74 Å². The second-order valence-corrected chi connectivity index (χ2v) is 3.89. The summed E-state index contributed by atoms with van der Waals surface area (Å²) >= 11 is 3.49. The third-order valence-electron chi connectivity index (χ3n) is 1.97. The summed E-state index contributed by atoms with van der Waals surface area (Å²) in [6.45, 7) is 6.90. The van der Waals surface area contributed by atoms with Gasteiger partial charge in [-0.3, -0.25) is 4.68 Å². The highest BCUT2D eigenvalue weighted by atomic mass is 79.9. The van der Waals surface area contributed by atoms with Crippen molar-refractivity contribution in [1.82, 2.24) is 9.78 Å². The van der Waals surface area contributed by atoms with E-state index in [0.717, 1.165) is 22.3 Å². The lowest BCUT2D eigenvalue weighted by Gasteiger charge is -2.03. The molecule has 4 heteroatoms. The maximum absolute atomic E-state index is 5.47. The zero-order valence-electron chi connectivity index (χ0n) is 8.59. The number of ether oxygens (including phenoxy) is 1. The summed E-state index contributed by atoms with van der Waals surface area (Å²) in [4.78, 5) is 0. The smallest absolute Gasteiger partial charge is 0.0896 e. The number of nitrogens with zero attached hydrogens (tertiary/aromatic N) is 2. The molecule has 0 N–H and O–H groups in total. The second-order valence-electron chi connectivity index (χ2n) is 3.10. The van der Waals surface area contributed by atoms with E-state index in [-0.39, 0.29) is 0 Å². The SMILES string of the molecule is C=CCCOCc1c(Br)c(C)nn1C. The van der Waals surface area contributed by atoms with Crippen molar-refractivity contribution in [3.8, 4) is 0 Å². The molecule has 0 saturated heterocycles. The molecule has 0 unspecified atom stereocenters. The summed E-state index contributed by atoms with van der Waals surface area (Å²) in [5.74, 6) is 0. The summed E-state index contributed by atoms with van der Waals surface area (Å²) in [6.07, 6.45) is 2.73. The van der Waals surface area contributed by atoms with Crippen LogP contribution in [0, 0.1) is 6.92 Å². The van der Waals surface area contributed by atoms with Crippen LogP contribution in [0.15, 0.2) is 17.1 Å². The van der Waals surface area contributed by atoms with E-state index in [4.69, 9.17) is 4.74 Å². The van der Waals surface area contributed by atoms with Gasteiger partial charge in [0.05, 0.1) is 29.1 Å². The minimum atomic E-state index is 0.589. The van der Waals surface area contributed by atoms with Crippen molar-refractivity contribution >= 4 is 15.9 Å². The topological polar surface area (TPSA) is 27.1 Å². The molecule has 0 aliphatic heterocycles. The highest BCUT2D eigenvalue weighted by Crippen LogP contribution is 2.20. The molecule has 0 saturated carbocycles. The van der Waals surface area contributed by atoms with Gasteiger partial charge in [-0.25, -0.2) is 0 Å². The van der Waals surface area contributed by atoms with Crippen LogP contribution in [0.4, 0.5) is 0 Å². The number of aromatic nitrogens is 2. The number of aryl methyl sites for hydroxylation is 2. The van der Waals surface area contributed by atoms with Gasteiger partial charge in [-0.1, -0.05) is 6.08 Å². The Morgan fingerprint density at radius 2 is 2.36 bits per heavy atom. The van der Waals surface area contributed by atoms with Crippen LogP contribution in [0.5, 0.6) is 0 Å². The van der Waals surface area contributed by atoms with Gasteiger partial charge >= 0.3 is 0 Å². The van der Waals surface area contributed by atoms with Crippen LogP contribution < -0.4 is 0 Å². The minimum Gasteiger partial charge on any atom is -0.375 e. The lowest BCUT2D eigenvalue weighted by atomic mass is 10.4. The first-order chi connectivity index (χ1) is 6.66. The Bertz CT molecular complexity index is 320. The molecule has 78 valence electrons. The Morgan fingerprint density at radius 1 is 1.64 bits per heavy atom. The molecule has 0 atom stereocenters. The van der Waals surface area contributed by atoms with E-state index >= 15 is 0 Å². The first-order valence-corrected chi connectivity index (χ1v) is 5.32. The number of hydrogen-bond acceptors (Lipinski definition) is 2. The van der Waals surface area contributed by atoms with Crippen molar-refractivity contribution < 1.29 is 4.74 Å². The second kappa shape index (κ2) is 5.32. The van der Waals surface area contributed by atoms with Crippen molar-refractivity contribution in [3.63, 3.8) is 0 Å². The fourth-order valence-corrected chi connectivity index (χ4v) is 1.62. The van der Waals surface area contributed by atoms with Gasteiger partial charge in [0.25, 0.3) is 0 Å². The summed E-state index contributed by atoms with van der Waals surface area (Å²) in [7, 11) is 1.92. The van der Waals surface area contributed by atoms with Crippen molar-refractivity contribution in [2.45, 2.75) is 20.0 Å². The van der Waals surface area contributed by atoms with Crippen molar-refractivity contribution in [2.24, 2.45) is 7.05 Å². The van der Waals surface area contributed by atoms with Gasteiger partial charge in [-0.05, 0) is 29.3 Å². The van der Waals surface area contributed by atoms with Crippen LogP contribution in [0.1, 0.15) is 17.8 Å². The molecule has 3 nitrogen and oxygen atoms in total. The third kappa shape index (κ3) is 2.69. The molecule has 0 radical (unpaired) electrons. The first kappa shape index (κ1) is 11.5. The Labute approximate surface area is 92.9 Å². The van der Waals surface area contributed by atoms with E-state index in [1.54, 1.807) is 0 Å². The molecule has 0 aromatic carbocycles. The normalized spacial score (nSPS) is 10.5. The summed E-state index contributed by atoms with van der Waals surface area (Å²) in [6, 6.07) is 0. The summed E-state index contributed by atoms with van der Waals surface area (Å²) in [5, 5.41) is 4.28. The predicted octanol–water partition coefficient (Wildman–Crippen LogP) is 2.58. The predicted molar refractivity (Wildman–Crippen MR) is 60.1 cm³/mol. The molecule has 1 aromatic rings. The van der Waals surface area contributed by atoms with E-state index < -0.39 is 0 Å². The highest BCUT2D eigenvalue weighted by molar-refractivity contribution is 9.10. The minimum absolute atomic E-state index is 0.589. The van der Waals surface area contributed by atoms with Gasteiger partial charge in [0.2, 0.25) is 0 Å². The van der Waals surface area contributed by atoms with Crippen LogP contribution in [0.2, 0.25) is 0 Å². The quantitative estimate of drug-likeness (QED) is 0.600. The maximum atomic E-state index is 5.47. The van der Waals surface area contributed by atoms with Crippen molar-refractivity contribution in [3.05, 3.63) is 28.5 Å². The van der Waals surface area contributed by atoms with Gasteiger partial charge in [-0.2, -0.15) is 5.10 Å². The standard InChI is InChI=1S/C10H15BrN2O/c1-4-5-6-14-7-9-10(11)8(2)12-13(9)3/h4H,1,5-7H2,2-3H3. The average Bonchev–Trinajstić information content (AvgIpc) is 2.38. The zero-order valence-corrected chi connectivity index (χ0v) is 10.2. The van der Waals surface area contributed by atoms with Crippen LogP contribution in [0.3, 0.4) is 0 Å². The van der Waals surface area contributed by atoms with Crippen molar-refractivity contribution in [2.75, 3.05) is 6.61 Å². The molecule has 0 spiro atoms. The Kier molecular flexibility index (Phi) is 4.35. The molecule has 1 heterocycles. The van der Waals surface area contributed by atoms with Crippen LogP contribution in [-0.4, -0.2) is 16.4 Å². The molecule has 1 rings (SSSR count). The molecule has 0 amide bonds. The van der Waals surface area contributed by atoms with Gasteiger partial charge in [0, 0.05) is 7.05 Å². The van der Waals surface area contributed by atoms with Crippen LogP contribution >= 0.6 is 15.9 Å². The zero-order chi connectivity index (χ0) is 10.6. The van der Waals surface area contributed by atoms with E-state index in [1.807, 2.05) is 24.7 Å². The van der Waals surface area contributed by atoms with Gasteiger partial charge in [-0.15, -0.1) is 6.58 Å². The maximum Gasteiger partial charge on any atom is 0.0896 e. The fraction of sp³-hybridized carbons (Fsp3) is 0.500. The van der Waals surface area contributed by atoms with Crippen molar-refractivity contribution in [1.29, 1.82) is 0 Å². The highest BCUT2D eigenvalue weighted by Gasteiger charge is 2.09. The molecule has 1 aromatic heterocycles.